The lowest BCUT2D eigenvalue weighted by Gasteiger charge is -2.15. The number of carbonyl (C=O) groups is 1. The second-order valence-electron chi connectivity index (χ2n) is 11.4. The van der Waals surface area contributed by atoms with E-state index in [1.54, 1.807) is 18.3 Å². The molecule has 3 aliphatic rings. The number of anilines is 2. The molecule has 1 aliphatic carbocycles. The number of nitrogens with zero attached hydrogens (tertiary/aromatic N) is 1. The standard InChI is InChI=1S/C36H37F2N3O3/c1-22-18-28(14-17-30(22)34(42)20-27(39)13-10-25-9-8-23(2)43-24(3)19-25)41-33-7-5-4-6-31-32(21-40-35(31)33)26-11-15-29(16-12-26)44-36(37)38/h4-7,9,11-12,14-18,21,23-24,36,39,41H,8,10,13,19-20H2,1-3H3/t23-,24+/m1/s1. The van der Waals surface area contributed by atoms with Gasteiger partial charge in [0.05, 0.1) is 23.6 Å². The van der Waals surface area contributed by atoms with Gasteiger partial charge in [0.25, 0.3) is 0 Å². The molecule has 0 aromatic heterocycles. The zero-order valence-corrected chi connectivity index (χ0v) is 25.2. The molecule has 0 fully saturated rings. The maximum Gasteiger partial charge on any atom is 0.387 e. The summed E-state index contributed by atoms with van der Waals surface area (Å²) in [5, 5.41) is 11.9. The minimum absolute atomic E-state index is 0.0555. The first-order valence-electron chi connectivity index (χ1n) is 14.9. The van der Waals surface area contributed by atoms with E-state index < -0.39 is 6.61 Å². The Balaban J connectivity index is 1.24. The summed E-state index contributed by atoms with van der Waals surface area (Å²) in [7, 11) is 0. The molecule has 0 saturated carbocycles. The minimum atomic E-state index is -2.87. The molecule has 2 aliphatic heterocycles. The SMILES string of the molecule is Cc1cc(Nc2ccccc3c(-c4ccc(OC(F)F)cc4)cnc2-3)ccc1C(=O)CC(=N)CCC1=CC[C@@H](C)O[C@@H](C)C1. The van der Waals surface area contributed by atoms with E-state index >= 15 is 0 Å². The summed E-state index contributed by atoms with van der Waals surface area (Å²) in [6.07, 6.45) is 7.60. The van der Waals surface area contributed by atoms with Crippen molar-refractivity contribution >= 4 is 22.9 Å². The third-order valence-corrected chi connectivity index (χ3v) is 7.83. The highest BCUT2D eigenvalue weighted by Gasteiger charge is 2.19. The molecule has 2 heterocycles. The Labute approximate surface area is 257 Å². The third kappa shape index (κ3) is 7.74. The van der Waals surface area contributed by atoms with Gasteiger partial charge in [0.2, 0.25) is 0 Å². The van der Waals surface area contributed by atoms with Crippen LogP contribution in [0.1, 0.15) is 61.9 Å². The molecule has 2 aromatic carbocycles. The van der Waals surface area contributed by atoms with Crippen molar-refractivity contribution < 1.29 is 23.0 Å². The van der Waals surface area contributed by atoms with Crippen LogP contribution in [0.25, 0.3) is 22.4 Å². The number of ketones is 1. The van der Waals surface area contributed by atoms with Gasteiger partial charge in [0.1, 0.15) is 5.75 Å². The fraction of sp³-hybridized carbons (Fsp3) is 0.306. The van der Waals surface area contributed by atoms with Crippen molar-refractivity contribution in [1.82, 2.24) is 4.98 Å². The topological polar surface area (TPSA) is 84.3 Å². The van der Waals surface area contributed by atoms with Crippen molar-refractivity contribution in [2.45, 2.75) is 71.7 Å². The van der Waals surface area contributed by atoms with Gasteiger partial charge >= 0.3 is 6.61 Å². The van der Waals surface area contributed by atoms with Crippen LogP contribution in [0.2, 0.25) is 0 Å². The smallest absolute Gasteiger partial charge is 0.387 e. The molecule has 8 heteroatoms. The Morgan fingerprint density at radius 1 is 1.07 bits per heavy atom. The lowest BCUT2D eigenvalue weighted by molar-refractivity contribution is -0.0498. The molecule has 0 bridgehead atoms. The number of fused-ring (bicyclic) bond motifs is 1. The predicted molar refractivity (Wildman–Crippen MR) is 171 cm³/mol. The number of carbonyl (C=O) groups excluding carboxylic acids is 1. The van der Waals surface area contributed by atoms with Gasteiger partial charge in [-0.1, -0.05) is 42.0 Å². The second-order valence-corrected chi connectivity index (χ2v) is 11.4. The Morgan fingerprint density at radius 3 is 2.59 bits per heavy atom. The summed E-state index contributed by atoms with van der Waals surface area (Å²) in [5.41, 5.74) is 8.15. The molecule has 5 rings (SSSR count). The molecular weight excluding hydrogens is 560 g/mol. The first kappa shape index (κ1) is 31.0. The fourth-order valence-electron chi connectivity index (χ4n) is 5.70. The molecule has 0 unspecified atom stereocenters. The summed E-state index contributed by atoms with van der Waals surface area (Å²) >= 11 is 0. The zero-order chi connectivity index (χ0) is 31.2. The molecule has 0 saturated heterocycles. The number of nitrogens with one attached hydrogen (secondary N) is 2. The lowest BCUT2D eigenvalue weighted by atomic mass is 9.96. The van der Waals surface area contributed by atoms with Crippen molar-refractivity contribution in [2.75, 3.05) is 5.32 Å². The van der Waals surface area contributed by atoms with Crippen LogP contribution in [0.5, 0.6) is 5.75 Å². The van der Waals surface area contributed by atoms with Crippen molar-refractivity contribution in [3.8, 4) is 28.1 Å². The van der Waals surface area contributed by atoms with Crippen LogP contribution in [0.3, 0.4) is 0 Å². The highest BCUT2D eigenvalue weighted by atomic mass is 19.3. The summed E-state index contributed by atoms with van der Waals surface area (Å²) in [5.74, 6) is 0.0435. The van der Waals surface area contributed by atoms with Crippen LogP contribution in [0.15, 0.2) is 84.6 Å². The summed E-state index contributed by atoms with van der Waals surface area (Å²) in [6.45, 7) is 3.19. The normalized spacial score (nSPS) is 16.8. The Morgan fingerprint density at radius 2 is 1.84 bits per heavy atom. The summed E-state index contributed by atoms with van der Waals surface area (Å²) in [6, 6.07) is 19.9. The van der Waals surface area contributed by atoms with E-state index in [2.05, 4.69) is 35.0 Å². The van der Waals surface area contributed by atoms with E-state index in [0.29, 0.717) is 17.7 Å². The molecule has 0 amide bonds. The van der Waals surface area contributed by atoms with Crippen LogP contribution in [-0.4, -0.2) is 35.3 Å². The first-order chi connectivity index (χ1) is 21.2. The highest BCUT2D eigenvalue weighted by molar-refractivity contribution is 6.09. The van der Waals surface area contributed by atoms with Gasteiger partial charge in [-0.15, -0.1) is 0 Å². The number of aryl methyl sites for hydroxylation is 1. The van der Waals surface area contributed by atoms with Crippen molar-refractivity contribution in [1.29, 1.82) is 5.41 Å². The highest BCUT2D eigenvalue weighted by Crippen LogP contribution is 2.38. The molecule has 2 aromatic rings. The number of hydrogen-bond acceptors (Lipinski definition) is 6. The number of ether oxygens (including phenoxy) is 2. The number of rotatable bonds is 11. The van der Waals surface area contributed by atoms with E-state index in [9.17, 15) is 13.6 Å². The summed E-state index contributed by atoms with van der Waals surface area (Å²) < 4.78 is 35.5. The monoisotopic (exact) mass is 597 g/mol. The lowest BCUT2D eigenvalue weighted by Crippen LogP contribution is -2.14. The van der Waals surface area contributed by atoms with Crippen LogP contribution in [-0.2, 0) is 4.74 Å². The molecular formula is C36H37F2N3O3. The van der Waals surface area contributed by atoms with Gasteiger partial charge in [-0.3, -0.25) is 9.78 Å². The Hall–Kier alpha value is -4.43. The molecule has 6 nitrogen and oxygen atoms in total. The number of hydrogen-bond donors (Lipinski definition) is 2. The van der Waals surface area contributed by atoms with E-state index in [0.717, 1.165) is 58.6 Å². The molecule has 44 heavy (non-hydrogen) atoms. The second kappa shape index (κ2) is 13.9. The first-order valence-corrected chi connectivity index (χ1v) is 14.9. The number of aromatic nitrogens is 1. The summed E-state index contributed by atoms with van der Waals surface area (Å²) in [4.78, 5) is 17.8. The zero-order valence-electron chi connectivity index (χ0n) is 25.2. The molecule has 0 spiro atoms. The van der Waals surface area contributed by atoms with Gasteiger partial charge in [-0.05, 0) is 94.0 Å². The maximum absolute atomic E-state index is 13.1. The largest absolute Gasteiger partial charge is 0.435 e. The van der Waals surface area contributed by atoms with E-state index in [1.807, 2.05) is 49.4 Å². The molecule has 2 N–H and O–H groups in total. The van der Waals surface area contributed by atoms with Crippen molar-refractivity contribution in [3.63, 3.8) is 0 Å². The molecule has 228 valence electrons. The maximum atomic E-state index is 13.1. The quantitative estimate of drug-likeness (QED) is 0.102. The third-order valence-electron chi connectivity index (χ3n) is 7.83. The Kier molecular flexibility index (Phi) is 9.80. The fourth-order valence-corrected chi connectivity index (χ4v) is 5.70. The number of Topliss-reactive ketones (excluding diaryl/α,β-unsaturated/α-hetero) is 1. The van der Waals surface area contributed by atoms with Gasteiger partial charge in [-0.25, -0.2) is 0 Å². The van der Waals surface area contributed by atoms with Crippen LogP contribution >= 0.6 is 0 Å². The van der Waals surface area contributed by atoms with Crippen molar-refractivity contribution in [2.24, 2.45) is 0 Å². The van der Waals surface area contributed by atoms with Crippen LogP contribution in [0, 0.1) is 12.3 Å². The van der Waals surface area contributed by atoms with Gasteiger partial charge in [0, 0.05) is 40.7 Å². The van der Waals surface area contributed by atoms with E-state index in [4.69, 9.17) is 10.1 Å². The van der Waals surface area contributed by atoms with E-state index in [-0.39, 0.29) is 30.2 Å². The van der Waals surface area contributed by atoms with Gasteiger partial charge < -0.3 is 20.2 Å². The number of halogens is 2. The van der Waals surface area contributed by atoms with Crippen LogP contribution < -0.4 is 10.1 Å². The van der Waals surface area contributed by atoms with E-state index in [1.165, 1.54) is 17.7 Å². The number of benzene rings is 2. The molecule has 0 radical (unpaired) electrons. The Bertz CT molecular complexity index is 1630. The number of alkyl halides is 2. The predicted octanol–water partition coefficient (Wildman–Crippen LogP) is 9.39. The van der Waals surface area contributed by atoms with Gasteiger partial charge in [-0.2, -0.15) is 8.78 Å². The van der Waals surface area contributed by atoms with Crippen molar-refractivity contribution in [3.05, 3.63) is 95.7 Å². The van der Waals surface area contributed by atoms with Gasteiger partial charge in [0.15, 0.2) is 5.78 Å². The average Bonchev–Trinajstić information content (AvgIpc) is 3.19. The minimum Gasteiger partial charge on any atom is -0.435 e. The molecule has 2 atom stereocenters. The van der Waals surface area contributed by atoms with Crippen LogP contribution in [0.4, 0.5) is 20.2 Å². The average molecular weight is 598 g/mol.